The number of amides is 3. The second kappa shape index (κ2) is 11.1. The minimum atomic E-state index is -6.40. The van der Waals surface area contributed by atoms with Gasteiger partial charge in [-0.25, -0.2) is 13.7 Å². The largest absolute Gasteiger partial charge is 0.435 e. The van der Waals surface area contributed by atoms with Crippen molar-refractivity contribution >= 4 is 45.0 Å². The van der Waals surface area contributed by atoms with Crippen LogP contribution in [0, 0.1) is 18.7 Å². The molecule has 1 N–H and O–H groups in total. The van der Waals surface area contributed by atoms with Crippen molar-refractivity contribution in [2.75, 3.05) is 10.2 Å². The van der Waals surface area contributed by atoms with E-state index in [4.69, 9.17) is 0 Å². The minimum Gasteiger partial charge on any atom is -0.319 e. The number of benzene rings is 3. The Morgan fingerprint density at radius 1 is 0.881 bits per heavy atom. The van der Waals surface area contributed by atoms with Gasteiger partial charge in [0, 0.05) is 21.5 Å². The SMILES string of the molecule is Cc1cc(C(F)(C(F)(F)F)C(F)(F)F)cc(Br)c1N(C(=O)c1cccc(NC(=O)c2ccccc2)c1F)C(=O)C1CC1. The van der Waals surface area contributed by atoms with Crippen molar-refractivity contribution in [3.63, 3.8) is 0 Å². The normalized spacial score (nSPS) is 14.0. The van der Waals surface area contributed by atoms with Crippen LogP contribution in [-0.4, -0.2) is 30.1 Å². The number of carbonyl (C=O) groups is 3. The Balaban J connectivity index is 1.79. The number of hydrogen-bond acceptors (Lipinski definition) is 3. The number of nitrogens with zero attached hydrogens (tertiary/aromatic N) is 1. The highest BCUT2D eigenvalue weighted by Crippen LogP contribution is 2.54. The third-order valence-electron chi connectivity index (χ3n) is 6.52. The van der Waals surface area contributed by atoms with E-state index >= 15 is 4.39 Å². The Morgan fingerprint density at radius 3 is 2.00 bits per heavy atom. The van der Waals surface area contributed by atoms with Gasteiger partial charge in [-0.2, -0.15) is 26.3 Å². The molecule has 0 atom stereocenters. The van der Waals surface area contributed by atoms with Crippen LogP contribution >= 0.6 is 15.9 Å². The number of carbonyl (C=O) groups excluding carboxylic acids is 3. The fourth-order valence-corrected chi connectivity index (χ4v) is 4.97. The summed E-state index contributed by atoms with van der Waals surface area (Å²) in [5.41, 5.74) is -9.60. The number of aryl methyl sites for hydroxylation is 1. The van der Waals surface area contributed by atoms with E-state index in [1.165, 1.54) is 18.2 Å². The molecule has 3 amide bonds. The number of imide groups is 1. The monoisotopic (exact) mass is 662 g/mol. The molecule has 1 aliphatic rings. The highest BCUT2D eigenvalue weighted by molar-refractivity contribution is 9.10. The van der Waals surface area contributed by atoms with Crippen molar-refractivity contribution in [1.82, 2.24) is 0 Å². The highest BCUT2D eigenvalue weighted by Gasteiger charge is 2.73. The molecule has 14 heteroatoms. The molecule has 3 aromatic carbocycles. The van der Waals surface area contributed by atoms with Crippen LogP contribution in [0.5, 0.6) is 0 Å². The van der Waals surface area contributed by atoms with Crippen LogP contribution in [0.4, 0.5) is 46.5 Å². The first kappa shape index (κ1) is 31.1. The van der Waals surface area contributed by atoms with Gasteiger partial charge in [-0.3, -0.25) is 14.4 Å². The van der Waals surface area contributed by atoms with Gasteiger partial charge in [0.2, 0.25) is 5.91 Å². The van der Waals surface area contributed by atoms with Crippen LogP contribution in [0.2, 0.25) is 0 Å². The summed E-state index contributed by atoms with van der Waals surface area (Å²) in [5.74, 6) is -4.90. The molecule has 3 aromatic rings. The molecule has 0 radical (unpaired) electrons. The number of nitrogens with one attached hydrogen (secondary N) is 1. The van der Waals surface area contributed by atoms with Crippen LogP contribution in [0.1, 0.15) is 44.7 Å². The molecule has 0 unspecified atom stereocenters. The van der Waals surface area contributed by atoms with Crippen molar-refractivity contribution in [2.45, 2.75) is 37.8 Å². The van der Waals surface area contributed by atoms with E-state index in [2.05, 4.69) is 21.2 Å². The Labute approximate surface area is 241 Å². The standard InChI is InChI=1S/C28H19BrF8N2O3/c1-14-12-17(26(31,27(32,33)34)28(35,36)37)13-19(29)22(14)39(24(41)16-10-11-16)25(42)18-8-5-9-20(21(18)30)38-23(40)15-6-3-2-4-7-15/h2-9,12-13,16H,10-11H2,1H3,(H,38,40). The van der Waals surface area contributed by atoms with Crippen molar-refractivity contribution < 1.29 is 49.5 Å². The number of hydrogen-bond donors (Lipinski definition) is 1. The summed E-state index contributed by atoms with van der Waals surface area (Å²) in [7, 11) is 0. The second-order valence-electron chi connectivity index (χ2n) is 9.52. The van der Waals surface area contributed by atoms with Crippen LogP contribution in [0.25, 0.3) is 0 Å². The molecule has 0 saturated heterocycles. The first-order valence-electron chi connectivity index (χ1n) is 12.1. The molecule has 42 heavy (non-hydrogen) atoms. The lowest BCUT2D eigenvalue weighted by atomic mass is 9.92. The number of alkyl halides is 7. The van der Waals surface area contributed by atoms with Crippen molar-refractivity contribution in [3.8, 4) is 0 Å². The maximum atomic E-state index is 15.6. The molecule has 4 rings (SSSR count). The molecule has 0 spiro atoms. The van der Waals surface area contributed by atoms with Gasteiger partial charge in [-0.05, 0) is 71.6 Å². The summed E-state index contributed by atoms with van der Waals surface area (Å²) in [6.07, 6.45) is -12.1. The Kier molecular flexibility index (Phi) is 8.24. The summed E-state index contributed by atoms with van der Waals surface area (Å²) in [6, 6.07) is 11.4. The summed E-state index contributed by atoms with van der Waals surface area (Å²) in [5, 5.41) is 2.31. The van der Waals surface area contributed by atoms with Crippen molar-refractivity contribution in [1.29, 1.82) is 0 Å². The Bertz CT molecular complexity index is 1520. The molecule has 1 aliphatic carbocycles. The second-order valence-corrected chi connectivity index (χ2v) is 10.4. The molecular weight excluding hydrogens is 644 g/mol. The predicted octanol–water partition coefficient (Wildman–Crippen LogP) is 8.02. The molecule has 222 valence electrons. The molecular formula is C28H19BrF8N2O3. The van der Waals surface area contributed by atoms with Gasteiger partial charge in [-0.15, -0.1) is 0 Å². The van der Waals surface area contributed by atoms with E-state index in [0.717, 1.165) is 19.1 Å². The molecule has 0 bridgehead atoms. The fourth-order valence-electron chi connectivity index (χ4n) is 4.23. The third kappa shape index (κ3) is 5.63. The lowest BCUT2D eigenvalue weighted by molar-refractivity contribution is -0.348. The molecule has 5 nitrogen and oxygen atoms in total. The quantitative estimate of drug-likeness (QED) is 0.215. The summed E-state index contributed by atoms with van der Waals surface area (Å²) in [6.45, 7) is 0.976. The van der Waals surface area contributed by atoms with Crippen molar-refractivity contribution in [3.05, 3.63) is 93.2 Å². The predicted molar refractivity (Wildman–Crippen MR) is 139 cm³/mol. The lowest BCUT2D eigenvalue weighted by Crippen LogP contribution is -2.50. The topological polar surface area (TPSA) is 66.5 Å². The molecule has 0 aromatic heterocycles. The van der Waals surface area contributed by atoms with E-state index in [1.807, 2.05) is 0 Å². The Hall–Kier alpha value is -3.81. The van der Waals surface area contributed by atoms with Gasteiger partial charge in [0.1, 0.15) is 0 Å². The zero-order valence-corrected chi connectivity index (χ0v) is 22.9. The summed E-state index contributed by atoms with van der Waals surface area (Å²) in [4.78, 5) is 39.9. The maximum Gasteiger partial charge on any atom is 0.435 e. The molecule has 0 heterocycles. The van der Waals surface area contributed by atoms with Crippen LogP contribution < -0.4 is 10.2 Å². The van der Waals surface area contributed by atoms with E-state index < -0.39 is 80.0 Å². The van der Waals surface area contributed by atoms with E-state index in [9.17, 15) is 45.1 Å². The zero-order chi connectivity index (χ0) is 31.2. The average molecular weight is 663 g/mol. The van der Waals surface area contributed by atoms with E-state index in [1.54, 1.807) is 18.2 Å². The van der Waals surface area contributed by atoms with Crippen molar-refractivity contribution in [2.24, 2.45) is 5.92 Å². The average Bonchev–Trinajstić information content (AvgIpc) is 3.75. The zero-order valence-electron chi connectivity index (χ0n) is 21.3. The van der Waals surface area contributed by atoms with Gasteiger partial charge in [-0.1, -0.05) is 30.3 Å². The molecule has 1 fully saturated rings. The van der Waals surface area contributed by atoms with Gasteiger partial charge >= 0.3 is 18.0 Å². The van der Waals surface area contributed by atoms with Gasteiger partial charge in [0.25, 0.3) is 11.8 Å². The van der Waals surface area contributed by atoms with E-state index in [-0.39, 0.29) is 17.7 Å². The molecule has 0 aliphatic heterocycles. The van der Waals surface area contributed by atoms with E-state index in [0.29, 0.717) is 17.7 Å². The summed E-state index contributed by atoms with van der Waals surface area (Å²) >= 11 is 2.80. The maximum absolute atomic E-state index is 15.6. The fraction of sp³-hybridized carbons (Fsp3) is 0.250. The smallest absolute Gasteiger partial charge is 0.319 e. The number of rotatable bonds is 6. The van der Waals surface area contributed by atoms with Crippen LogP contribution in [0.3, 0.4) is 0 Å². The van der Waals surface area contributed by atoms with Gasteiger partial charge in [0.15, 0.2) is 5.82 Å². The lowest BCUT2D eigenvalue weighted by Gasteiger charge is -2.32. The van der Waals surface area contributed by atoms with Gasteiger partial charge < -0.3 is 5.32 Å². The Morgan fingerprint density at radius 2 is 1.48 bits per heavy atom. The third-order valence-corrected chi connectivity index (χ3v) is 7.12. The molecule has 1 saturated carbocycles. The minimum absolute atomic E-state index is 0.167. The first-order valence-corrected chi connectivity index (χ1v) is 12.9. The summed E-state index contributed by atoms with van der Waals surface area (Å²) < 4.78 is 110. The van der Waals surface area contributed by atoms with Crippen LogP contribution in [0.15, 0.2) is 65.1 Å². The highest BCUT2D eigenvalue weighted by atomic mass is 79.9. The first-order chi connectivity index (χ1) is 19.5. The number of halogens is 9. The van der Waals surface area contributed by atoms with Gasteiger partial charge in [0.05, 0.1) is 16.9 Å². The van der Waals surface area contributed by atoms with Crippen LogP contribution in [-0.2, 0) is 10.5 Å². The number of anilines is 2.